The SMILES string of the molecule is O=C(Cl)C1C=C(Cl)C=CC1(Cl)C(F)(F)F. The summed E-state index contributed by atoms with van der Waals surface area (Å²) in [5.41, 5.74) is 0. The Morgan fingerprint density at radius 2 is 2.00 bits per heavy atom. The first-order valence-electron chi connectivity index (χ1n) is 3.70. The molecule has 15 heavy (non-hydrogen) atoms. The summed E-state index contributed by atoms with van der Waals surface area (Å²) < 4.78 is 37.8. The smallest absolute Gasteiger partial charge is 0.281 e. The van der Waals surface area contributed by atoms with E-state index in [2.05, 4.69) is 0 Å². The first-order chi connectivity index (χ1) is 6.68. The van der Waals surface area contributed by atoms with Gasteiger partial charge >= 0.3 is 6.18 Å². The van der Waals surface area contributed by atoms with Gasteiger partial charge in [0.05, 0.1) is 5.92 Å². The second-order valence-electron chi connectivity index (χ2n) is 2.93. The molecular weight excluding hydrogens is 275 g/mol. The summed E-state index contributed by atoms with van der Waals surface area (Å²) in [6.07, 6.45) is -2.29. The van der Waals surface area contributed by atoms with E-state index < -0.39 is 22.2 Å². The normalized spacial score (nSPS) is 31.3. The molecule has 0 N–H and O–H groups in total. The minimum atomic E-state index is -4.78. The average molecular weight is 279 g/mol. The van der Waals surface area contributed by atoms with Crippen LogP contribution in [0.25, 0.3) is 0 Å². The first kappa shape index (κ1) is 12.9. The van der Waals surface area contributed by atoms with Gasteiger partial charge in [-0.15, -0.1) is 11.6 Å². The van der Waals surface area contributed by atoms with Gasteiger partial charge in [-0.25, -0.2) is 0 Å². The van der Waals surface area contributed by atoms with E-state index in [0.29, 0.717) is 6.08 Å². The molecule has 1 aliphatic rings. The highest BCUT2D eigenvalue weighted by molar-refractivity contribution is 6.65. The third-order valence-electron chi connectivity index (χ3n) is 1.94. The van der Waals surface area contributed by atoms with E-state index in [1.807, 2.05) is 0 Å². The summed E-state index contributed by atoms with van der Waals surface area (Å²) in [6.45, 7) is 0. The third-order valence-corrected chi connectivity index (χ3v) is 3.01. The molecule has 0 aromatic carbocycles. The number of hydrogen-bond acceptors (Lipinski definition) is 1. The fourth-order valence-electron chi connectivity index (χ4n) is 1.14. The van der Waals surface area contributed by atoms with Crippen LogP contribution in [0.5, 0.6) is 0 Å². The molecule has 0 fully saturated rings. The zero-order valence-corrected chi connectivity index (χ0v) is 9.25. The van der Waals surface area contributed by atoms with Gasteiger partial charge in [0.25, 0.3) is 0 Å². The number of alkyl halides is 4. The Morgan fingerprint density at radius 1 is 1.47 bits per heavy atom. The molecule has 1 aliphatic carbocycles. The Hall–Kier alpha value is -0.190. The number of rotatable bonds is 1. The molecule has 1 rings (SSSR count). The van der Waals surface area contributed by atoms with Gasteiger partial charge in [-0.1, -0.05) is 23.8 Å². The fourth-order valence-corrected chi connectivity index (χ4v) is 1.85. The molecule has 0 heterocycles. The van der Waals surface area contributed by atoms with E-state index in [0.717, 1.165) is 12.2 Å². The molecule has 0 aliphatic heterocycles. The van der Waals surface area contributed by atoms with E-state index in [1.165, 1.54) is 0 Å². The summed E-state index contributed by atoms with van der Waals surface area (Å²) in [7, 11) is 0. The van der Waals surface area contributed by atoms with E-state index in [-0.39, 0.29) is 5.03 Å². The van der Waals surface area contributed by atoms with Gasteiger partial charge in [0.15, 0.2) is 4.87 Å². The predicted octanol–water partition coefficient (Wildman–Crippen LogP) is 3.60. The Morgan fingerprint density at radius 3 is 2.40 bits per heavy atom. The molecule has 0 bridgehead atoms. The molecular formula is C8H4Cl3F3O. The van der Waals surface area contributed by atoms with Crippen LogP contribution in [0.1, 0.15) is 0 Å². The van der Waals surface area contributed by atoms with Gasteiger partial charge in [-0.2, -0.15) is 13.2 Å². The van der Waals surface area contributed by atoms with Crippen LogP contribution in [-0.2, 0) is 4.79 Å². The highest BCUT2D eigenvalue weighted by Crippen LogP contribution is 2.47. The summed E-state index contributed by atoms with van der Waals surface area (Å²) in [5.74, 6) is -1.71. The molecule has 7 heteroatoms. The van der Waals surface area contributed by atoms with E-state index >= 15 is 0 Å². The number of carbonyl (C=O) groups excluding carboxylic acids is 1. The lowest BCUT2D eigenvalue weighted by molar-refractivity contribution is -0.161. The molecule has 0 amide bonds. The lowest BCUT2D eigenvalue weighted by Crippen LogP contribution is -2.47. The van der Waals surface area contributed by atoms with Crippen molar-refractivity contribution >= 4 is 40.0 Å². The van der Waals surface area contributed by atoms with Crippen molar-refractivity contribution in [1.29, 1.82) is 0 Å². The van der Waals surface area contributed by atoms with Crippen molar-refractivity contribution in [2.24, 2.45) is 5.92 Å². The lowest BCUT2D eigenvalue weighted by Gasteiger charge is -2.32. The number of allylic oxidation sites excluding steroid dienone is 4. The zero-order chi connectivity index (χ0) is 11.9. The van der Waals surface area contributed by atoms with Gasteiger partial charge in [0, 0.05) is 5.03 Å². The van der Waals surface area contributed by atoms with Crippen LogP contribution in [0.3, 0.4) is 0 Å². The Labute approximate surface area is 98.5 Å². The maximum atomic E-state index is 12.6. The third kappa shape index (κ3) is 2.32. The first-order valence-corrected chi connectivity index (χ1v) is 4.83. The highest BCUT2D eigenvalue weighted by atomic mass is 35.5. The van der Waals surface area contributed by atoms with Crippen LogP contribution >= 0.6 is 34.8 Å². The summed E-state index contributed by atoms with van der Waals surface area (Å²) in [6, 6.07) is 0. The molecule has 2 unspecified atom stereocenters. The lowest BCUT2D eigenvalue weighted by atomic mass is 9.88. The van der Waals surface area contributed by atoms with Gasteiger partial charge < -0.3 is 0 Å². The highest BCUT2D eigenvalue weighted by Gasteiger charge is 2.59. The molecule has 0 radical (unpaired) electrons. The van der Waals surface area contributed by atoms with Crippen molar-refractivity contribution in [3.8, 4) is 0 Å². The molecule has 0 saturated heterocycles. The van der Waals surface area contributed by atoms with Crippen molar-refractivity contribution in [3.05, 3.63) is 23.3 Å². The van der Waals surface area contributed by atoms with E-state index in [9.17, 15) is 18.0 Å². The number of hydrogen-bond donors (Lipinski definition) is 0. The maximum absolute atomic E-state index is 12.6. The van der Waals surface area contributed by atoms with Crippen LogP contribution in [0, 0.1) is 5.92 Å². The molecule has 0 aromatic heterocycles. The summed E-state index contributed by atoms with van der Waals surface area (Å²) in [4.78, 5) is 8.04. The minimum Gasteiger partial charge on any atom is -0.281 e. The van der Waals surface area contributed by atoms with Crippen LogP contribution in [0.2, 0.25) is 0 Å². The second kappa shape index (κ2) is 4.00. The van der Waals surface area contributed by atoms with Gasteiger partial charge in [0.1, 0.15) is 0 Å². The Bertz CT molecular complexity index is 348. The topological polar surface area (TPSA) is 17.1 Å². The molecule has 0 spiro atoms. The van der Waals surface area contributed by atoms with Crippen molar-refractivity contribution < 1.29 is 18.0 Å². The molecule has 0 aromatic rings. The average Bonchev–Trinajstić information content (AvgIpc) is 2.07. The van der Waals surface area contributed by atoms with Crippen LogP contribution < -0.4 is 0 Å². The van der Waals surface area contributed by atoms with Crippen molar-refractivity contribution in [3.63, 3.8) is 0 Å². The number of halogens is 6. The Balaban J connectivity index is 3.20. The zero-order valence-electron chi connectivity index (χ0n) is 6.99. The van der Waals surface area contributed by atoms with Crippen molar-refractivity contribution in [2.75, 3.05) is 0 Å². The Kier molecular flexibility index (Phi) is 3.43. The largest absolute Gasteiger partial charge is 0.412 e. The van der Waals surface area contributed by atoms with Gasteiger partial charge in [0.2, 0.25) is 5.24 Å². The quantitative estimate of drug-likeness (QED) is 0.529. The minimum absolute atomic E-state index is 0.00507. The van der Waals surface area contributed by atoms with Gasteiger partial charge in [-0.05, 0) is 17.7 Å². The standard InChI is InChI=1S/C8H4Cl3F3O/c9-4-1-2-7(11,8(12,13)14)5(3-4)6(10)15/h1-3,5H. The molecule has 2 atom stereocenters. The summed E-state index contributed by atoms with van der Waals surface area (Å²) in [5, 5.41) is -1.21. The van der Waals surface area contributed by atoms with Crippen molar-refractivity contribution in [2.45, 2.75) is 11.1 Å². The van der Waals surface area contributed by atoms with E-state index in [4.69, 9.17) is 34.8 Å². The van der Waals surface area contributed by atoms with Crippen LogP contribution in [0.4, 0.5) is 13.2 Å². The van der Waals surface area contributed by atoms with Crippen LogP contribution in [-0.4, -0.2) is 16.3 Å². The number of carbonyl (C=O) groups is 1. The maximum Gasteiger partial charge on any atom is 0.412 e. The monoisotopic (exact) mass is 278 g/mol. The predicted molar refractivity (Wildman–Crippen MR) is 52.1 cm³/mol. The van der Waals surface area contributed by atoms with Crippen LogP contribution in [0.15, 0.2) is 23.3 Å². The van der Waals surface area contributed by atoms with E-state index in [1.54, 1.807) is 0 Å². The molecule has 0 saturated carbocycles. The van der Waals surface area contributed by atoms with Gasteiger partial charge in [-0.3, -0.25) is 4.79 Å². The second-order valence-corrected chi connectivity index (χ2v) is 4.37. The fraction of sp³-hybridized carbons (Fsp3) is 0.375. The van der Waals surface area contributed by atoms with Crippen molar-refractivity contribution in [1.82, 2.24) is 0 Å². The molecule has 1 nitrogen and oxygen atoms in total. The molecule has 84 valence electrons. The summed E-state index contributed by atoms with van der Waals surface area (Å²) >= 11 is 15.9.